The first-order valence-corrected chi connectivity index (χ1v) is 12.1. The van der Waals surface area contributed by atoms with Gasteiger partial charge in [-0.05, 0) is 19.3 Å². The number of carbonyl (C=O) groups is 1. The number of amides is 1. The van der Waals surface area contributed by atoms with Crippen molar-refractivity contribution in [1.29, 1.82) is 0 Å². The van der Waals surface area contributed by atoms with Gasteiger partial charge in [0.1, 0.15) is 22.2 Å². The zero-order valence-corrected chi connectivity index (χ0v) is 19.8. The third kappa shape index (κ3) is 4.29. The lowest BCUT2D eigenvalue weighted by Gasteiger charge is -2.23. The fraction of sp³-hybridized carbons (Fsp3) is 0.571. The number of hydrogen-bond acceptors (Lipinski definition) is 8. The van der Waals surface area contributed by atoms with Gasteiger partial charge in [-0.15, -0.1) is 16.4 Å². The van der Waals surface area contributed by atoms with Crippen LogP contribution in [-0.2, 0) is 24.8 Å². The second-order valence-corrected chi connectivity index (χ2v) is 9.43. The monoisotopic (exact) mass is 492 g/mol. The molecule has 182 valence electrons. The number of carbonyl (C=O) groups excluding carboxylic acids is 1. The molecule has 3 aromatic rings. The van der Waals surface area contributed by atoms with Gasteiger partial charge in [0.05, 0.1) is 24.4 Å². The molecule has 0 saturated carbocycles. The standard InChI is InChI=1S/C21H26F2N8O2S/c1-29-17(14(9-24-29)20-26-15(11-34-20)18(22)23)19(32)25-12-5-7-31-16(8-12)27-21(28-31)30-6-3-4-13(30)10-33-2/h9,11-13,18H,3-8,10H2,1-2H3,(H,25,32). The Hall–Kier alpha value is -2.93. The van der Waals surface area contributed by atoms with E-state index in [9.17, 15) is 13.6 Å². The Morgan fingerprint density at radius 3 is 2.94 bits per heavy atom. The predicted octanol–water partition coefficient (Wildman–Crippen LogP) is 2.43. The zero-order chi connectivity index (χ0) is 23.8. The summed E-state index contributed by atoms with van der Waals surface area (Å²) >= 11 is 1.07. The summed E-state index contributed by atoms with van der Waals surface area (Å²) in [6.45, 7) is 2.21. The molecule has 2 unspecified atom stereocenters. The summed E-state index contributed by atoms with van der Waals surface area (Å²) in [6.07, 6.45) is 2.24. The number of halogens is 2. The van der Waals surface area contributed by atoms with E-state index in [0.717, 1.165) is 36.5 Å². The molecule has 5 heterocycles. The van der Waals surface area contributed by atoms with Crippen LogP contribution in [0.3, 0.4) is 0 Å². The van der Waals surface area contributed by atoms with Crippen LogP contribution >= 0.6 is 11.3 Å². The molecule has 3 aromatic heterocycles. The Labute approximate surface area is 198 Å². The van der Waals surface area contributed by atoms with Gasteiger partial charge in [0.25, 0.3) is 12.3 Å². The van der Waals surface area contributed by atoms with Gasteiger partial charge in [-0.25, -0.2) is 18.4 Å². The first-order valence-electron chi connectivity index (χ1n) is 11.2. The van der Waals surface area contributed by atoms with Gasteiger partial charge in [0, 0.05) is 45.1 Å². The molecule has 0 radical (unpaired) electrons. The van der Waals surface area contributed by atoms with Crippen LogP contribution in [0.4, 0.5) is 14.7 Å². The number of anilines is 1. The number of thiazole rings is 1. The van der Waals surface area contributed by atoms with Gasteiger partial charge in [-0.2, -0.15) is 10.1 Å². The van der Waals surface area contributed by atoms with Gasteiger partial charge in [0.15, 0.2) is 0 Å². The highest BCUT2D eigenvalue weighted by molar-refractivity contribution is 7.13. The minimum Gasteiger partial charge on any atom is -0.383 e. The van der Waals surface area contributed by atoms with Crippen LogP contribution in [0.15, 0.2) is 11.6 Å². The quantitative estimate of drug-likeness (QED) is 0.540. The molecule has 0 aromatic carbocycles. The largest absolute Gasteiger partial charge is 0.383 e. The molecule has 34 heavy (non-hydrogen) atoms. The molecular weight excluding hydrogens is 466 g/mol. The van der Waals surface area contributed by atoms with E-state index < -0.39 is 6.43 Å². The number of ether oxygens (including phenoxy) is 1. The number of aromatic nitrogens is 6. The van der Waals surface area contributed by atoms with E-state index in [-0.39, 0.29) is 23.7 Å². The van der Waals surface area contributed by atoms with E-state index in [2.05, 4.69) is 20.3 Å². The molecule has 0 bridgehead atoms. The average Bonchev–Trinajstić information content (AvgIpc) is 3.58. The summed E-state index contributed by atoms with van der Waals surface area (Å²) in [7, 11) is 3.35. The van der Waals surface area contributed by atoms with Crippen LogP contribution in [-0.4, -0.2) is 67.8 Å². The third-order valence-corrected chi connectivity index (χ3v) is 7.21. The number of nitrogens with zero attached hydrogens (tertiary/aromatic N) is 7. The third-order valence-electron chi connectivity index (χ3n) is 6.31. The summed E-state index contributed by atoms with van der Waals surface area (Å²) < 4.78 is 34.6. The van der Waals surface area contributed by atoms with Crippen LogP contribution in [0.25, 0.3) is 10.6 Å². The molecule has 2 aliphatic rings. The van der Waals surface area contributed by atoms with Gasteiger partial charge in [-0.3, -0.25) is 9.48 Å². The average molecular weight is 493 g/mol. The predicted molar refractivity (Wildman–Crippen MR) is 121 cm³/mol. The van der Waals surface area contributed by atoms with E-state index >= 15 is 0 Å². The Balaban J connectivity index is 1.29. The first kappa shape index (κ1) is 22.8. The maximum absolute atomic E-state index is 13.2. The van der Waals surface area contributed by atoms with Gasteiger partial charge in [0.2, 0.25) is 5.95 Å². The second-order valence-electron chi connectivity index (χ2n) is 8.57. The maximum Gasteiger partial charge on any atom is 0.281 e. The highest BCUT2D eigenvalue weighted by atomic mass is 32.1. The van der Waals surface area contributed by atoms with E-state index in [0.29, 0.717) is 48.2 Å². The van der Waals surface area contributed by atoms with Crippen LogP contribution < -0.4 is 10.2 Å². The molecule has 5 rings (SSSR count). The Morgan fingerprint density at radius 1 is 1.32 bits per heavy atom. The number of hydrogen-bond donors (Lipinski definition) is 1. The van der Waals surface area contributed by atoms with Crippen LogP contribution in [0.2, 0.25) is 0 Å². The Morgan fingerprint density at radius 2 is 2.18 bits per heavy atom. The van der Waals surface area contributed by atoms with E-state index in [1.807, 2.05) is 4.68 Å². The zero-order valence-electron chi connectivity index (χ0n) is 18.9. The van der Waals surface area contributed by atoms with Crippen molar-refractivity contribution < 1.29 is 18.3 Å². The number of alkyl halides is 2. The van der Waals surface area contributed by atoms with Gasteiger partial charge in [-0.1, -0.05) is 0 Å². The van der Waals surface area contributed by atoms with Crippen LogP contribution in [0.1, 0.15) is 47.7 Å². The van der Waals surface area contributed by atoms with Gasteiger partial charge < -0.3 is 15.0 Å². The molecule has 0 spiro atoms. The summed E-state index contributed by atoms with van der Waals surface area (Å²) in [5, 5.41) is 13.6. The number of rotatable bonds is 7. The van der Waals surface area contributed by atoms with Crippen LogP contribution in [0.5, 0.6) is 0 Å². The lowest BCUT2D eigenvalue weighted by atomic mass is 10.1. The smallest absolute Gasteiger partial charge is 0.281 e. The lowest BCUT2D eigenvalue weighted by Crippen LogP contribution is -2.41. The van der Waals surface area contributed by atoms with Crippen molar-refractivity contribution in [3.63, 3.8) is 0 Å². The summed E-state index contributed by atoms with van der Waals surface area (Å²) in [4.78, 5) is 24.1. The molecule has 1 amide bonds. The molecule has 1 saturated heterocycles. The molecule has 13 heteroatoms. The molecule has 2 aliphatic heterocycles. The molecule has 0 aliphatic carbocycles. The normalized spacial score (nSPS) is 20.2. The highest BCUT2D eigenvalue weighted by Crippen LogP contribution is 2.31. The molecular formula is C21H26F2N8O2S. The fourth-order valence-corrected chi connectivity index (χ4v) is 5.45. The van der Waals surface area contributed by atoms with Crippen LogP contribution in [0, 0.1) is 0 Å². The van der Waals surface area contributed by atoms with Gasteiger partial charge >= 0.3 is 0 Å². The lowest BCUT2D eigenvalue weighted by molar-refractivity contribution is 0.0921. The van der Waals surface area contributed by atoms with Crippen molar-refractivity contribution in [1.82, 2.24) is 34.8 Å². The van der Waals surface area contributed by atoms with Crippen molar-refractivity contribution in [2.75, 3.05) is 25.2 Å². The van der Waals surface area contributed by atoms with Crippen molar-refractivity contribution in [3.05, 3.63) is 28.8 Å². The van der Waals surface area contributed by atoms with E-state index in [1.54, 1.807) is 14.2 Å². The molecule has 2 atom stereocenters. The van der Waals surface area contributed by atoms with E-state index in [1.165, 1.54) is 16.3 Å². The number of aryl methyl sites for hydroxylation is 2. The molecule has 10 nitrogen and oxygen atoms in total. The number of methoxy groups -OCH3 is 1. The van der Waals surface area contributed by atoms with Crippen molar-refractivity contribution >= 4 is 23.2 Å². The minimum atomic E-state index is -2.66. The minimum absolute atomic E-state index is 0.124. The fourth-order valence-electron chi connectivity index (χ4n) is 4.63. The SMILES string of the molecule is COCC1CCCN1c1nc2n(n1)CCC(NC(=O)c1c(-c3nc(C(F)F)cs3)cnn1C)C2. The molecule has 1 fully saturated rings. The van der Waals surface area contributed by atoms with Crippen molar-refractivity contribution in [2.24, 2.45) is 7.05 Å². The second kappa shape index (κ2) is 9.37. The number of fused-ring (bicyclic) bond motifs is 1. The van der Waals surface area contributed by atoms with E-state index in [4.69, 9.17) is 14.8 Å². The summed E-state index contributed by atoms with van der Waals surface area (Å²) in [5.41, 5.74) is 0.433. The Kier molecular flexibility index (Phi) is 6.30. The maximum atomic E-state index is 13.2. The highest BCUT2D eigenvalue weighted by Gasteiger charge is 2.31. The molecule has 1 N–H and O–H groups in total. The number of nitrogens with one attached hydrogen (secondary N) is 1. The topological polar surface area (TPSA) is 103 Å². The Bertz CT molecular complexity index is 1180. The van der Waals surface area contributed by atoms with Crippen molar-refractivity contribution in [2.45, 2.75) is 50.7 Å². The summed E-state index contributed by atoms with van der Waals surface area (Å²) in [6, 6.07) is 0.158. The first-order chi connectivity index (χ1) is 16.4. The van der Waals surface area contributed by atoms with Crippen molar-refractivity contribution in [3.8, 4) is 10.6 Å². The summed E-state index contributed by atoms with van der Waals surface area (Å²) in [5.74, 6) is 1.23.